The first kappa shape index (κ1) is 7.76. The van der Waals surface area contributed by atoms with Crippen LogP contribution < -0.4 is 5.32 Å². The van der Waals surface area contributed by atoms with Gasteiger partial charge in [0.25, 0.3) is 0 Å². The molecule has 0 aromatic carbocycles. The van der Waals surface area contributed by atoms with E-state index in [1.54, 1.807) is 0 Å². The summed E-state index contributed by atoms with van der Waals surface area (Å²) >= 11 is 3.01. The second kappa shape index (κ2) is 1.83. The first-order valence-corrected chi connectivity index (χ1v) is 3.54. The summed E-state index contributed by atoms with van der Waals surface area (Å²) in [7, 11) is 0. The van der Waals surface area contributed by atoms with Crippen LogP contribution in [0.25, 0.3) is 0 Å². The highest BCUT2D eigenvalue weighted by atomic mass is 79.9. The molecule has 1 unspecified atom stereocenters. The summed E-state index contributed by atoms with van der Waals surface area (Å²) in [6.45, 7) is 1.71. The van der Waals surface area contributed by atoms with E-state index in [0.717, 1.165) is 13.1 Å². The molecular formula is C5H8BrClFN. The third-order valence-electron chi connectivity index (χ3n) is 2.14. The summed E-state index contributed by atoms with van der Waals surface area (Å²) in [5.74, 6) is 0. The Labute approximate surface area is 67.9 Å². The van der Waals surface area contributed by atoms with Crippen molar-refractivity contribution in [2.45, 2.75) is 11.0 Å². The van der Waals surface area contributed by atoms with Crippen LogP contribution in [0.1, 0.15) is 6.42 Å². The van der Waals surface area contributed by atoms with Gasteiger partial charge < -0.3 is 5.32 Å². The van der Waals surface area contributed by atoms with Gasteiger partial charge in [-0.25, -0.2) is 4.39 Å². The van der Waals surface area contributed by atoms with Gasteiger partial charge in [0, 0.05) is 24.9 Å². The van der Waals surface area contributed by atoms with Crippen molar-refractivity contribution in [3.8, 4) is 0 Å². The number of halogens is 3. The van der Waals surface area contributed by atoms with Crippen LogP contribution in [0, 0.1) is 5.41 Å². The molecule has 4 heteroatoms. The van der Waals surface area contributed by atoms with E-state index in [-0.39, 0.29) is 17.8 Å². The monoisotopic (exact) mass is 215 g/mol. The molecule has 1 N–H and O–H groups in total. The molecule has 2 fully saturated rings. The maximum Gasteiger partial charge on any atom is 0.174 e. The average Bonchev–Trinajstić information content (AvgIpc) is 2.05. The van der Waals surface area contributed by atoms with Crippen LogP contribution in [-0.2, 0) is 0 Å². The number of hydrogen-bond acceptors (Lipinski definition) is 1. The summed E-state index contributed by atoms with van der Waals surface area (Å²) in [5, 5.41) is 3.05. The number of hydrogen-bond donors (Lipinski definition) is 1. The fourth-order valence-electron chi connectivity index (χ4n) is 1.19. The Hall–Kier alpha value is 0.660. The molecule has 0 amide bonds. The lowest BCUT2D eigenvalue weighted by Gasteiger charge is -2.27. The Bertz CT molecular complexity index is 135. The van der Waals surface area contributed by atoms with Gasteiger partial charge in [0.1, 0.15) is 0 Å². The fraction of sp³-hybridized carbons (Fsp3) is 1.00. The molecule has 9 heavy (non-hydrogen) atoms. The number of nitrogens with one attached hydrogen (secondary N) is 1. The van der Waals surface area contributed by atoms with E-state index in [9.17, 15) is 4.39 Å². The molecule has 0 radical (unpaired) electrons. The van der Waals surface area contributed by atoms with Gasteiger partial charge in [-0.1, -0.05) is 0 Å². The van der Waals surface area contributed by atoms with Crippen LogP contribution >= 0.6 is 28.3 Å². The zero-order valence-electron chi connectivity index (χ0n) is 4.79. The third kappa shape index (κ3) is 0.819. The SMILES string of the molecule is Cl.FC1(Br)CC12CNC2. The highest BCUT2D eigenvalue weighted by molar-refractivity contribution is 9.10. The molecule has 1 saturated heterocycles. The molecule has 0 aromatic rings. The van der Waals surface area contributed by atoms with E-state index in [0.29, 0.717) is 6.42 Å². The van der Waals surface area contributed by atoms with Gasteiger partial charge >= 0.3 is 0 Å². The minimum Gasteiger partial charge on any atom is -0.315 e. The Morgan fingerprint density at radius 2 is 1.89 bits per heavy atom. The molecule has 1 spiro atoms. The highest BCUT2D eigenvalue weighted by Gasteiger charge is 2.70. The Kier molecular flexibility index (Phi) is 1.58. The molecule has 1 nitrogen and oxygen atoms in total. The molecule has 1 saturated carbocycles. The van der Waals surface area contributed by atoms with Crippen LogP contribution in [0.2, 0.25) is 0 Å². The van der Waals surface area contributed by atoms with Gasteiger partial charge in [0.15, 0.2) is 4.58 Å². The summed E-state index contributed by atoms with van der Waals surface area (Å²) in [5.41, 5.74) is 0.00694. The minimum absolute atomic E-state index is 0. The summed E-state index contributed by atoms with van der Waals surface area (Å²) in [4.78, 5) is 0. The summed E-state index contributed by atoms with van der Waals surface area (Å²) in [6.07, 6.45) is 0.701. The van der Waals surface area contributed by atoms with Crippen molar-refractivity contribution in [1.29, 1.82) is 0 Å². The van der Waals surface area contributed by atoms with Gasteiger partial charge in [-0.3, -0.25) is 0 Å². The average molecular weight is 216 g/mol. The molecule has 0 aromatic heterocycles. The summed E-state index contributed by atoms with van der Waals surface area (Å²) in [6, 6.07) is 0. The Balaban J connectivity index is 0.000000405. The molecule has 2 rings (SSSR count). The molecule has 1 atom stereocenters. The first-order valence-electron chi connectivity index (χ1n) is 2.75. The largest absolute Gasteiger partial charge is 0.315 e. The molecule has 0 bridgehead atoms. The van der Waals surface area contributed by atoms with Crippen molar-refractivity contribution in [2.75, 3.05) is 13.1 Å². The van der Waals surface area contributed by atoms with Crippen molar-refractivity contribution in [3.05, 3.63) is 0 Å². The van der Waals surface area contributed by atoms with E-state index in [1.807, 2.05) is 0 Å². The predicted molar refractivity (Wildman–Crippen MR) is 39.9 cm³/mol. The standard InChI is InChI=1S/C5H7BrFN.ClH/c6-5(7)1-4(5)2-8-3-4;/h8H,1-3H2;1H. The van der Waals surface area contributed by atoms with Gasteiger partial charge in [-0.2, -0.15) is 0 Å². The molecule has 54 valence electrons. The Morgan fingerprint density at radius 3 is 1.89 bits per heavy atom. The lowest BCUT2D eigenvalue weighted by atomic mass is 10.0. The number of rotatable bonds is 0. The molecule has 1 aliphatic heterocycles. The van der Waals surface area contributed by atoms with Gasteiger partial charge in [0.2, 0.25) is 0 Å². The Morgan fingerprint density at radius 1 is 1.44 bits per heavy atom. The van der Waals surface area contributed by atoms with Crippen molar-refractivity contribution < 1.29 is 4.39 Å². The maximum atomic E-state index is 12.8. The second-order valence-corrected chi connectivity index (χ2v) is 4.02. The zero-order chi connectivity index (χ0) is 5.83. The second-order valence-electron chi connectivity index (χ2n) is 2.77. The van der Waals surface area contributed by atoms with E-state index >= 15 is 0 Å². The van der Waals surface area contributed by atoms with Gasteiger partial charge in [-0.15, -0.1) is 12.4 Å². The van der Waals surface area contributed by atoms with E-state index in [4.69, 9.17) is 0 Å². The highest BCUT2D eigenvalue weighted by Crippen LogP contribution is 2.65. The van der Waals surface area contributed by atoms with Crippen LogP contribution in [0.5, 0.6) is 0 Å². The van der Waals surface area contributed by atoms with E-state index in [2.05, 4.69) is 21.2 Å². The molecule has 1 heterocycles. The lowest BCUT2D eigenvalue weighted by Crippen LogP contribution is -2.47. The van der Waals surface area contributed by atoms with Crippen LogP contribution in [0.4, 0.5) is 4.39 Å². The van der Waals surface area contributed by atoms with Crippen LogP contribution in [0.15, 0.2) is 0 Å². The van der Waals surface area contributed by atoms with Gasteiger partial charge in [-0.05, 0) is 15.9 Å². The molecule has 1 aliphatic carbocycles. The van der Waals surface area contributed by atoms with Crippen LogP contribution in [-0.4, -0.2) is 17.7 Å². The zero-order valence-corrected chi connectivity index (χ0v) is 7.19. The third-order valence-corrected chi connectivity index (χ3v) is 3.26. The normalized spacial score (nSPS) is 43.3. The number of alkyl halides is 2. The molecular weight excluding hydrogens is 208 g/mol. The van der Waals surface area contributed by atoms with E-state index < -0.39 is 4.58 Å². The quantitative estimate of drug-likeness (QED) is 0.605. The van der Waals surface area contributed by atoms with Gasteiger partial charge in [0.05, 0.1) is 0 Å². The van der Waals surface area contributed by atoms with Crippen molar-refractivity contribution in [2.24, 2.45) is 5.41 Å². The van der Waals surface area contributed by atoms with E-state index in [1.165, 1.54) is 0 Å². The van der Waals surface area contributed by atoms with Crippen molar-refractivity contribution in [3.63, 3.8) is 0 Å². The maximum absolute atomic E-state index is 12.8. The minimum atomic E-state index is -1.01. The van der Waals surface area contributed by atoms with Crippen molar-refractivity contribution >= 4 is 28.3 Å². The topological polar surface area (TPSA) is 12.0 Å². The smallest absolute Gasteiger partial charge is 0.174 e. The lowest BCUT2D eigenvalue weighted by molar-refractivity contribution is 0.241. The predicted octanol–water partition coefficient (Wildman–Crippen LogP) is 1.46. The summed E-state index contributed by atoms with van der Waals surface area (Å²) < 4.78 is 11.8. The molecule has 2 aliphatic rings. The first-order chi connectivity index (χ1) is 3.66. The fourth-order valence-corrected chi connectivity index (χ4v) is 2.01. The van der Waals surface area contributed by atoms with Crippen molar-refractivity contribution in [1.82, 2.24) is 5.32 Å². The van der Waals surface area contributed by atoms with Crippen LogP contribution in [0.3, 0.4) is 0 Å².